The molecule has 76 valence electrons. The Bertz CT molecular complexity index is 435. The van der Waals surface area contributed by atoms with Gasteiger partial charge in [-0.05, 0) is 16.8 Å². The fourth-order valence-electron chi connectivity index (χ4n) is 1.30. The molecule has 1 rings (SSSR count). The number of nitrogens with one attached hydrogen (secondary N) is 1. The summed E-state index contributed by atoms with van der Waals surface area (Å²) < 4.78 is 0. The Hall–Kier alpha value is -1.84. The summed E-state index contributed by atoms with van der Waals surface area (Å²) in [6.45, 7) is 6.42. The SMILES string of the molecule is CC(C)(C)c1ccc(C(=C=N)C#N)cc1. The lowest BCUT2D eigenvalue weighted by Crippen LogP contribution is -2.10. The van der Waals surface area contributed by atoms with Crippen LogP contribution < -0.4 is 0 Å². The van der Waals surface area contributed by atoms with Crippen molar-refractivity contribution >= 4 is 11.4 Å². The Labute approximate surface area is 90.4 Å². The summed E-state index contributed by atoms with van der Waals surface area (Å²) in [5.74, 6) is 2.13. The molecule has 0 radical (unpaired) electrons. The van der Waals surface area contributed by atoms with E-state index in [-0.39, 0.29) is 11.0 Å². The highest BCUT2D eigenvalue weighted by Gasteiger charge is 2.13. The van der Waals surface area contributed by atoms with Crippen LogP contribution in [0.15, 0.2) is 24.3 Å². The summed E-state index contributed by atoms with van der Waals surface area (Å²) in [6.07, 6.45) is 0. The third-order valence-electron chi connectivity index (χ3n) is 2.28. The molecule has 2 heteroatoms. The predicted octanol–water partition coefficient (Wildman–Crippen LogP) is 3.14. The minimum absolute atomic E-state index is 0.111. The van der Waals surface area contributed by atoms with Gasteiger partial charge in [0.1, 0.15) is 11.6 Å². The zero-order valence-corrected chi connectivity index (χ0v) is 9.26. The molecule has 15 heavy (non-hydrogen) atoms. The second-order valence-corrected chi connectivity index (χ2v) is 4.44. The fourth-order valence-corrected chi connectivity index (χ4v) is 1.30. The highest BCUT2D eigenvalue weighted by molar-refractivity contribution is 5.96. The molecule has 0 aliphatic heterocycles. The van der Waals surface area contributed by atoms with Crippen molar-refractivity contribution in [1.82, 2.24) is 0 Å². The van der Waals surface area contributed by atoms with Crippen molar-refractivity contribution in [2.45, 2.75) is 26.2 Å². The van der Waals surface area contributed by atoms with Crippen molar-refractivity contribution < 1.29 is 0 Å². The molecule has 1 aromatic rings. The smallest absolute Gasteiger partial charge is 0.120 e. The van der Waals surface area contributed by atoms with Crippen LogP contribution in [0.4, 0.5) is 0 Å². The molecule has 0 atom stereocenters. The minimum atomic E-state index is 0.111. The van der Waals surface area contributed by atoms with E-state index >= 15 is 0 Å². The van der Waals surface area contributed by atoms with E-state index in [1.165, 1.54) is 5.56 Å². The molecule has 0 fully saturated rings. The lowest BCUT2D eigenvalue weighted by molar-refractivity contribution is 0.590. The standard InChI is InChI=1S/C13H14N2/c1-13(2,3)12-6-4-10(5-7-12)11(8-14)9-15/h4-7,14H,1-3H3. The third kappa shape index (κ3) is 2.56. The Morgan fingerprint density at radius 3 is 2.07 bits per heavy atom. The molecule has 0 aromatic heterocycles. The van der Waals surface area contributed by atoms with Gasteiger partial charge in [-0.2, -0.15) is 5.26 Å². The van der Waals surface area contributed by atoms with E-state index in [1.807, 2.05) is 30.3 Å². The van der Waals surface area contributed by atoms with Gasteiger partial charge in [0.15, 0.2) is 0 Å². The average Bonchev–Trinajstić information content (AvgIpc) is 2.19. The quantitative estimate of drug-likeness (QED) is 0.547. The van der Waals surface area contributed by atoms with Crippen molar-refractivity contribution in [3.63, 3.8) is 0 Å². The van der Waals surface area contributed by atoms with E-state index in [0.717, 1.165) is 5.56 Å². The average molecular weight is 198 g/mol. The van der Waals surface area contributed by atoms with Crippen LogP contribution in [-0.4, -0.2) is 5.87 Å². The molecule has 0 aliphatic rings. The van der Waals surface area contributed by atoms with E-state index in [2.05, 4.69) is 26.6 Å². The Morgan fingerprint density at radius 2 is 1.73 bits per heavy atom. The monoisotopic (exact) mass is 198 g/mol. The van der Waals surface area contributed by atoms with Crippen LogP contribution in [0.5, 0.6) is 0 Å². The van der Waals surface area contributed by atoms with Crippen molar-refractivity contribution in [1.29, 1.82) is 10.7 Å². The Kier molecular flexibility index (Phi) is 3.09. The van der Waals surface area contributed by atoms with Gasteiger partial charge in [-0.3, -0.25) is 5.41 Å². The topological polar surface area (TPSA) is 47.6 Å². The Balaban J connectivity index is 3.12. The molecule has 0 amide bonds. The summed E-state index contributed by atoms with van der Waals surface area (Å²) in [7, 11) is 0. The molecule has 1 N–H and O–H groups in total. The first-order valence-corrected chi connectivity index (χ1v) is 4.79. The summed E-state index contributed by atoms with van der Waals surface area (Å²) in [4.78, 5) is 0. The van der Waals surface area contributed by atoms with Crippen molar-refractivity contribution in [3.05, 3.63) is 35.4 Å². The Morgan fingerprint density at radius 1 is 1.20 bits per heavy atom. The van der Waals surface area contributed by atoms with Crippen LogP contribution in [0.25, 0.3) is 5.57 Å². The van der Waals surface area contributed by atoms with Crippen LogP contribution in [-0.2, 0) is 5.41 Å². The summed E-state index contributed by atoms with van der Waals surface area (Å²) in [5, 5.41) is 15.7. The molecule has 2 nitrogen and oxygen atoms in total. The number of allylic oxidation sites excluding steroid dienone is 1. The van der Waals surface area contributed by atoms with Crippen molar-refractivity contribution in [2.75, 3.05) is 0 Å². The second-order valence-electron chi connectivity index (χ2n) is 4.44. The van der Waals surface area contributed by atoms with Crippen molar-refractivity contribution in [2.24, 2.45) is 0 Å². The summed E-state index contributed by atoms with van der Waals surface area (Å²) in [5.41, 5.74) is 2.35. The largest absolute Gasteiger partial charge is 0.258 e. The number of hydrogen-bond acceptors (Lipinski definition) is 2. The predicted molar refractivity (Wildman–Crippen MR) is 61.9 cm³/mol. The van der Waals surface area contributed by atoms with Gasteiger partial charge in [-0.1, -0.05) is 45.0 Å². The van der Waals surface area contributed by atoms with Gasteiger partial charge >= 0.3 is 0 Å². The maximum absolute atomic E-state index is 8.74. The van der Waals surface area contributed by atoms with E-state index in [4.69, 9.17) is 10.7 Å². The summed E-state index contributed by atoms with van der Waals surface area (Å²) in [6, 6.07) is 9.65. The van der Waals surface area contributed by atoms with Crippen LogP contribution in [0.2, 0.25) is 0 Å². The van der Waals surface area contributed by atoms with Gasteiger partial charge in [-0.25, -0.2) is 0 Å². The number of nitriles is 1. The molecule has 0 bridgehead atoms. The first-order valence-electron chi connectivity index (χ1n) is 4.79. The number of rotatable bonds is 1. The fraction of sp³-hybridized carbons (Fsp3) is 0.308. The third-order valence-corrected chi connectivity index (χ3v) is 2.28. The minimum Gasteiger partial charge on any atom is -0.258 e. The van der Waals surface area contributed by atoms with E-state index in [0.29, 0.717) is 0 Å². The van der Waals surface area contributed by atoms with Crippen molar-refractivity contribution in [3.8, 4) is 6.07 Å². The van der Waals surface area contributed by atoms with E-state index < -0.39 is 0 Å². The maximum atomic E-state index is 8.74. The van der Waals surface area contributed by atoms with Gasteiger partial charge in [0.25, 0.3) is 0 Å². The molecular weight excluding hydrogens is 184 g/mol. The normalized spacial score (nSPS) is 10.3. The molecule has 0 saturated carbocycles. The lowest BCUT2D eigenvalue weighted by Gasteiger charge is -2.18. The molecule has 0 heterocycles. The first-order chi connectivity index (χ1) is 6.99. The highest BCUT2D eigenvalue weighted by atomic mass is 14.3. The number of nitrogens with zero attached hydrogens (tertiary/aromatic N) is 1. The van der Waals surface area contributed by atoms with Crippen LogP contribution in [0.1, 0.15) is 31.9 Å². The van der Waals surface area contributed by atoms with E-state index in [1.54, 1.807) is 0 Å². The van der Waals surface area contributed by atoms with Gasteiger partial charge < -0.3 is 0 Å². The first kappa shape index (κ1) is 11.2. The molecule has 0 unspecified atom stereocenters. The maximum Gasteiger partial charge on any atom is 0.120 e. The number of benzene rings is 1. The molecule has 1 aromatic carbocycles. The van der Waals surface area contributed by atoms with Crippen LogP contribution in [0.3, 0.4) is 0 Å². The van der Waals surface area contributed by atoms with Gasteiger partial charge in [-0.15, -0.1) is 0 Å². The number of hydrogen-bond donors (Lipinski definition) is 1. The van der Waals surface area contributed by atoms with Gasteiger partial charge in [0.05, 0.1) is 0 Å². The highest BCUT2D eigenvalue weighted by Crippen LogP contribution is 2.23. The second kappa shape index (κ2) is 4.13. The summed E-state index contributed by atoms with van der Waals surface area (Å²) >= 11 is 0. The molecule has 0 spiro atoms. The molecule has 0 aliphatic carbocycles. The van der Waals surface area contributed by atoms with Crippen LogP contribution in [0, 0.1) is 16.7 Å². The van der Waals surface area contributed by atoms with Crippen LogP contribution >= 0.6 is 0 Å². The molecular formula is C13H14N2. The zero-order valence-electron chi connectivity index (χ0n) is 9.26. The van der Waals surface area contributed by atoms with Gasteiger partial charge in [0.2, 0.25) is 0 Å². The lowest BCUT2D eigenvalue weighted by atomic mass is 9.86. The van der Waals surface area contributed by atoms with E-state index in [9.17, 15) is 0 Å². The molecule has 0 saturated heterocycles. The zero-order chi connectivity index (χ0) is 11.5. The van der Waals surface area contributed by atoms with Gasteiger partial charge in [0, 0.05) is 5.56 Å².